The summed E-state index contributed by atoms with van der Waals surface area (Å²) in [5.74, 6) is 0.0231. The predicted molar refractivity (Wildman–Crippen MR) is 67.7 cm³/mol. The van der Waals surface area contributed by atoms with Crippen LogP contribution in [0.25, 0.3) is 0 Å². The number of carbonyl (C=O) groups excluding carboxylic acids is 1. The van der Waals surface area contributed by atoms with Crippen molar-refractivity contribution in [3.05, 3.63) is 60.2 Å². The lowest BCUT2D eigenvalue weighted by atomic mass is 10.0. The highest BCUT2D eigenvalue weighted by Gasteiger charge is 2.61. The molecule has 2 aromatic rings. The van der Waals surface area contributed by atoms with E-state index in [1.807, 2.05) is 54.6 Å². The molecule has 1 amide bonds. The zero-order valence-electron chi connectivity index (χ0n) is 9.67. The predicted octanol–water partition coefficient (Wildman–Crippen LogP) is 2.59. The smallest absolute Gasteiger partial charge is 0.270 e. The van der Waals surface area contributed by atoms with Gasteiger partial charge in [-0.15, -0.1) is 0 Å². The van der Waals surface area contributed by atoms with Crippen LogP contribution in [-0.4, -0.2) is 12.5 Å². The van der Waals surface area contributed by atoms with Crippen LogP contribution >= 0.6 is 0 Å². The molecule has 2 aliphatic rings. The van der Waals surface area contributed by atoms with E-state index in [9.17, 15) is 4.79 Å². The molecule has 2 aliphatic heterocycles. The SMILES string of the molecule is O=C1N(c2ccccc2)c2ccccc2C12CO2. The van der Waals surface area contributed by atoms with Crippen molar-refractivity contribution in [1.29, 1.82) is 0 Å². The lowest BCUT2D eigenvalue weighted by molar-refractivity contribution is -0.122. The van der Waals surface area contributed by atoms with Crippen molar-refractivity contribution >= 4 is 17.3 Å². The van der Waals surface area contributed by atoms with Gasteiger partial charge in [0.2, 0.25) is 0 Å². The molecule has 0 aromatic heterocycles. The van der Waals surface area contributed by atoms with E-state index in [4.69, 9.17) is 4.74 Å². The summed E-state index contributed by atoms with van der Waals surface area (Å²) in [5, 5.41) is 0. The van der Waals surface area contributed by atoms with E-state index < -0.39 is 5.60 Å². The Morgan fingerprint density at radius 1 is 1.00 bits per heavy atom. The van der Waals surface area contributed by atoms with Crippen LogP contribution in [0.2, 0.25) is 0 Å². The van der Waals surface area contributed by atoms with Crippen LogP contribution in [0.1, 0.15) is 5.56 Å². The average Bonchev–Trinajstić information content (AvgIpc) is 3.18. The molecule has 2 aromatic carbocycles. The number of amides is 1. The van der Waals surface area contributed by atoms with Crippen molar-refractivity contribution in [3.63, 3.8) is 0 Å². The van der Waals surface area contributed by atoms with Gasteiger partial charge in [0.25, 0.3) is 5.91 Å². The summed E-state index contributed by atoms with van der Waals surface area (Å²) in [4.78, 5) is 14.3. The van der Waals surface area contributed by atoms with Crippen LogP contribution in [0.4, 0.5) is 11.4 Å². The van der Waals surface area contributed by atoms with Gasteiger partial charge < -0.3 is 4.74 Å². The highest BCUT2D eigenvalue weighted by molar-refractivity contribution is 6.13. The molecule has 0 bridgehead atoms. The Kier molecular flexibility index (Phi) is 1.76. The lowest BCUT2D eigenvalue weighted by Gasteiger charge is -2.17. The number of epoxide rings is 1. The third-order valence-electron chi connectivity index (χ3n) is 3.58. The second-order valence-corrected chi connectivity index (χ2v) is 4.61. The second kappa shape index (κ2) is 3.21. The molecule has 18 heavy (non-hydrogen) atoms. The molecule has 3 heteroatoms. The molecule has 0 N–H and O–H groups in total. The summed E-state index contributed by atoms with van der Waals surface area (Å²) in [6.45, 7) is 0.492. The van der Waals surface area contributed by atoms with E-state index in [1.165, 1.54) is 0 Å². The Morgan fingerprint density at radius 3 is 2.39 bits per heavy atom. The standard InChI is InChI=1S/C15H11NO2/c17-14-15(10-18-15)12-8-4-5-9-13(12)16(14)11-6-2-1-3-7-11/h1-9H,10H2. The number of nitrogens with zero attached hydrogens (tertiary/aromatic N) is 1. The highest BCUT2D eigenvalue weighted by atomic mass is 16.6. The Hall–Kier alpha value is -2.13. The van der Waals surface area contributed by atoms with Crippen LogP contribution in [0.15, 0.2) is 54.6 Å². The molecular weight excluding hydrogens is 226 g/mol. The zero-order chi connectivity index (χ0) is 12.2. The van der Waals surface area contributed by atoms with Gasteiger partial charge in [-0.1, -0.05) is 36.4 Å². The van der Waals surface area contributed by atoms with E-state index in [0.717, 1.165) is 16.9 Å². The molecule has 1 unspecified atom stereocenters. The topological polar surface area (TPSA) is 32.8 Å². The minimum absolute atomic E-state index is 0.0231. The number of carbonyl (C=O) groups is 1. The van der Waals surface area contributed by atoms with Crippen molar-refractivity contribution in [2.24, 2.45) is 0 Å². The zero-order valence-corrected chi connectivity index (χ0v) is 9.67. The molecule has 1 fully saturated rings. The van der Waals surface area contributed by atoms with Crippen molar-refractivity contribution < 1.29 is 9.53 Å². The number of fused-ring (bicyclic) bond motifs is 2. The van der Waals surface area contributed by atoms with Gasteiger partial charge >= 0.3 is 0 Å². The van der Waals surface area contributed by atoms with Crippen LogP contribution in [0, 0.1) is 0 Å². The fourth-order valence-corrected chi connectivity index (χ4v) is 2.60. The minimum Gasteiger partial charge on any atom is -0.354 e. The van der Waals surface area contributed by atoms with Crippen LogP contribution < -0.4 is 4.90 Å². The first-order chi connectivity index (χ1) is 8.83. The summed E-state index contributed by atoms with van der Waals surface area (Å²) in [7, 11) is 0. The largest absolute Gasteiger partial charge is 0.354 e. The van der Waals surface area contributed by atoms with E-state index >= 15 is 0 Å². The number of benzene rings is 2. The lowest BCUT2D eigenvalue weighted by Crippen LogP contribution is -2.28. The normalized spacial score (nSPS) is 24.4. The van der Waals surface area contributed by atoms with Gasteiger partial charge in [0.05, 0.1) is 12.3 Å². The quantitative estimate of drug-likeness (QED) is 0.714. The third-order valence-corrected chi connectivity index (χ3v) is 3.58. The van der Waals surface area contributed by atoms with Crippen LogP contribution in [-0.2, 0) is 15.1 Å². The molecular formula is C15H11NO2. The van der Waals surface area contributed by atoms with E-state index in [-0.39, 0.29) is 5.91 Å². The molecule has 0 radical (unpaired) electrons. The Morgan fingerprint density at radius 2 is 1.67 bits per heavy atom. The molecule has 1 saturated heterocycles. The fourth-order valence-electron chi connectivity index (χ4n) is 2.60. The van der Waals surface area contributed by atoms with Gasteiger partial charge in [0.15, 0.2) is 5.60 Å². The maximum atomic E-state index is 12.5. The summed E-state index contributed by atoms with van der Waals surface area (Å²) in [6, 6.07) is 17.5. The first-order valence-corrected chi connectivity index (χ1v) is 5.96. The monoisotopic (exact) mass is 237 g/mol. The van der Waals surface area contributed by atoms with Crippen LogP contribution in [0.3, 0.4) is 0 Å². The number of hydrogen-bond donors (Lipinski definition) is 0. The minimum atomic E-state index is -0.702. The Balaban J connectivity index is 1.93. The van der Waals surface area contributed by atoms with Crippen molar-refractivity contribution in [1.82, 2.24) is 0 Å². The molecule has 0 aliphatic carbocycles. The molecule has 1 spiro atoms. The number of para-hydroxylation sites is 2. The van der Waals surface area contributed by atoms with Crippen molar-refractivity contribution in [3.8, 4) is 0 Å². The number of anilines is 2. The highest BCUT2D eigenvalue weighted by Crippen LogP contribution is 2.52. The van der Waals surface area contributed by atoms with Gasteiger partial charge in [-0.25, -0.2) is 0 Å². The van der Waals surface area contributed by atoms with Gasteiger partial charge in [-0.2, -0.15) is 0 Å². The average molecular weight is 237 g/mol. The number of hydrogen-bond acceptors (Lipinski definition) is 2. The maximum absolute atomic E-state index is 12.5. The summed E-state index contributed by atoms with van der Waals surface area (Å²) in [5.41, 5.74) is 2.11. The van der Waals surface area contributed by atoms with Gasteiger partial charge in [-0.3, -0.25) is 9.69 Å². The van der Waals surface area contributed by atoms with Crippen molar-refractivity contribution in [2.45, 2.75) is 5.60 Å². The molecule has 1 atom stereocenters. The van der Waals surface area contributed by atoms with Gasteiger partial charge in [-0.05, 0) is 18.2 Å². The van der Waals surface area contributed by atoms with Crippen LogP contribution in [0.5, 0.6) is 0 Å². The summed E-state index contributed by atoms with van der Waals surface area (Å²) in [6.07, 6.45) is 0. The Bertz CT molecular complexity index is 632. The first-order valence-electron chi connectivity index (χ1n) is 5.96. The van der Waals surface area contributed by atoms with E-state index in [0.29, 0.717) is 6.61 Å². The van der Waals surface area contributed by atoms with Crippen molar-refractivity contribution in [2.75, 3.05) is 11.5 Å². The summed E-state index contributed by atoms with van der Waals surface area (Å²) < 4.78 is 5.46. The maximum Gasteiger partial charge on any atom is 0.270 e. The molecule has 0 saturated carbocycles. The second-order valence-electron chi connectivity index (χ2n) is 4.61. The third kappa shape index (κ3) is 1.09. The molecule has 88 valence electrons. The number of ether oxygens (including phenoxy) is 1. The fraction of sp³-hybridized carbons (Fsp3) is 0.133. The summed E-state index contributed by atoms with van der Waals surface area (Å²) >= 11 is 0. The van der Waals surface area contributed by atoms with E-state index in [2.05, 4.69) is 0 Å². The van der Waals surface area contributed by atoms with Gasteiger partial charge in [0, 0.05) is 11.3 Å². The first kappa shape index (κ1) is 9.85. The van der Waals surface area contributed by atoms with E-state index in [1.54, 1.807) is 4.90 Å². The van der Waals surface area contributed by atoms with Gasteiger partial charge in [0.1, 0.15) is 0 Å². The molecule has 4 rings (SSSR count). The molecule has 3 nitrogen and oxygen atoms in total. The Labute approximate surface area is 105 Å². The molecule has 2 heterocycles. The number of rotatable bonds is 1.